The first-order valence-corrected chi connectivity index (χ1v) is 10.6. The molecule has 2 aromatic rings. The average molecular weight is 370 g/mol. The molecule has 6 heteroatoms. The minimum Gasteiger partial charge on any atom is -0.352 e. The third-order valence-electron chi connectivity index (χ3n) is 5.44. The summed E-state index contributed by atoms with van der Waals surface area (Å²) < 4.78 is 23.7. The van der Waals surface area contributed by atoms with Gasteiger partial charge in [-0.15, -0.1) is 0 Å². The number of nitrogens with zero attached hydrogens (tertiary/aromatic N) is 1. The topological polar surface area (TPSA) is 66.5 Å². The lowest BCUT2D eigenvalue weighted by Gasteiger charge is -2.17. The number of carbonyl (C=O) groups excluding carboxylic acids is 1. The van der Waals surface area contributed by atoms with Crippen LogP contribution in [0.3, 0.4) is 0 Å². The van der Waals surface area contributed by atoms with Crippen LogP contribution in [-0.4, -0.2) is 52.2 Å². The minimum atomic E-state index is -3.27. The highest BCUT2D eigenvalue weighted by molar-refractivity contribution is 7.90. The summed E-state index contributed by atoms with van der Waals surface area (Å²) in [5.41, 5.74) is 3.45. The number of nitrogens with one attached hydrogen (secondary N) is 1. The Balaban J connectivity index is 1.79. The van der Waals surface area contributed by atoms with Gasteiger partial charge in [0, 0.05) is 37.4 Å². The lowest BCUT2D eigenvalue weighted by molar-refractivity contribution is 0.0951. The molecule has 1 amide bonds. The second-order valence-corrected chi connectivity index (χ2v) is 9.42. The van der Waals surface area contributed by atoms with Crippen LogP contribution in [0, 0.1) is 5.92 Å². The van der Waals surface area contributed by atoms with Gasteiger partial charge in [-0.3, -0.25) is 4.79 Å². The number of hydrogen-bond acceptors (Lipinski definition) is 4. The molecule has 136 valence electrons. The van der Waals surface area contributed by atoms with Crippen LogP contribution in [0.2, 0.25) is 0 Å². The first kappa shape index (κ1) is 17.2. The quantitative estimate of drug-likeness (QED) is 0.880. The lowest BCUT2D eigenvalue weighted by Crippen LogP contribution is -2.29. The number of amides is 1. The van der Waals surface area contributed by atoms with E-state index in [-0.39, 0.29) is 10.8 Å². The van der Waals surface area contributed by atoms with Crippen molar-refractivity contribution < 1.29 is 13.2 Å². The Morgan fingerprint density at radius 3 is 2.62 bits per heavy atom. The van der Waals surface area contributed by atoms with Crippen molar-refractivity contribution in [2.45, 2.75) is 10.8 Å². The molecule has 5 nitrogen and oxygen atoms in total. The van der Waals surface area contributed by atoms with Crippen molar-refractivity contribution in [2.24, 2.45) is 5.92 Å². The van der Waals surface area contributed by atoms with Crippen LogP contribution in [0.4, 0.5) is 0 Å². The van der Waals surface area contributed by atoms with Crippen molar-refractivity contribution in [1.29, 1.82) is 0 Å². The number of likely N-dealkylation sites (N-methyl/N-ethyl adjacent to an activating group) is 1. The molecule has 1 saturated heterocycles. The van der Waals surface area contributed by atoms with Crippen molar-refractivity contribution in [2.75, 3.05) is 32.9 Å². The third-order valence-corrected chi connectivity index (χ3v) is 6.55. The molecule has 2 aliphatic rings. The van der Waals surface area contributed by atoms with Gasteiger partial charge in [-0.05, 0) is 47.9 Å². The Bertz CT molecular complexity index is 984. The number of rotatable bonds is 2. The van der Waals surface area contributed by atoms with Gasteiger partial charge in [-0.1, -0.05) is 24.3 Å². The first-order chi connectivity index (χ1) is 12.3. The molecule has 0 aliphatic carbocycles. The fourth-order valence-electron chi connectivity index (χ4n) is 4.13. The summed E-state index contributed by atoms with van der Waals surface area (Å²) in [5.74, 6) is 0.744. The Morgan fingerprint density at radius 2 is 1.85 bits per heavy atom. The van der Waals surface area contributed by atoms with Crippen LogP contribution in [0.1, 0.15) is 21.8 Å². The normalized spacial score (nSPS) is 23.1. The van der Waals surface area contributed by atoms with E-state index >= 15 is 0 Å². The van der Waals surface area contributed by atoms with Crippen LogP contribution in [0.25, 0.3) is 11.1 Å². The summed E-state index contributed by atoms with van der Waals surface area (Å²) in [4.78, 5) is 15.2. The van der Waals surface area contributed by atoms with Gasteiger partial charge < -0.3 is 10.2 Å². The highest BCUT2D eigenvalue weighted by Gasteiger charge is 2.36. The van der Waals surface area contributed by atoms with E-state index in [9.17, 15) is 13.2 Å². The van der Waals surface area contributed by atoms with Gasteiger partial charge in [0.05, 0.1) is 4.90 Å². The Hall–Kier alpha value is -2.18. The zero-order chi connectivity index (χ0) is 18.5. The summed E-state index contributed by atoms with van der Waals surface area (Å²) in [6, 6.07) is 12.8. The van der Waals surface area contributed by atoms with Crippen LogP contribution >= 0.6 is 0 Å². The number of sulfone groups is 1. The minimum absolute atomic E-state index is 0.0434. The number of fused-ring (bicyclic) bond motifs is 3. The van der Waals surface area contributed by atoms with Crippen LogP contribution in [0.5, 0.6) is 0 Å². The predicted molar refractivity (Wildman–Crippen MR) is 101 cm³/mol. The van der Waals surface area contributed by atoms with Gasteiger partial charge in [0.2, 0.25) is 0 Å². The molecule has 0 spiro atoms. The molecule has 2 heterocycles. The van der Waals surface area contributed by atoms with Crippen LogP contribution < -0.4 is 5.32 Å². The van der Waals surface area contributed by atoms with Crippen molar-refractivity contribution >= 4 is 15.7 Å². The van der Waals surface area contributed by atoms with Gasteiger partial charge in [-0.25, -0.2) is 8.42 Å². The maximum atomic E-state index is 12.6. The van der Waals surface area contributed by atoms with E-state index < -0.39 is 9.84 Å². The number of likely N-dealkylation sites (tertiary alicyclic amines) is 1. The van der Waals surface area contributed by atoms with E-state index in [4.69, 9.17) is 0 Å². The monoisotopic (exact) mass is 370 g/mol. The summed E-state index contributed by atoms with van der Waals surface area (Å²) in [5, 5.41) is 3.05. The van der Waals surface area contributed by atoms with E-state index in [2.05, 4.69) is 17.3 Å². The first-order valence-electron chi connectivity index (χ1n) is 8.74. The molecule has 2 aliphatic heterocycles. The second-order valence-electron chi connectivity index (χ2n) is 7.40. The number of carbonyl (C=O) groups is 1. The largest absolute Gasteiger partial charge is 0.352 e. The molecule has 2 aromatic carbocycles. The van der Waals surface area contributed by atoms with Crippen molar-refractivity contribution in [3.63, 3.8) is 0 Å². The standard InChI is InChI=1S/C20H22N2O3S/c1-22-11-15-10-21-20(23)18-9-14(6-7-17(18)19(15)12-22)13-4-3-5-16(8-13)26(2,24)25/h3-9,15,19H,10-12H2,1-2H3,(H,21,23). The maximum Gasteiger partial charge on any atom is 0.251 e. The molecule has 1 N–H and O–H groups in total. The third kappa shape index (κ3) is 3.04. The Morgan fingerprint density at radius 1 is 1.08 bits per heavy atom. The van der Waals surface area contributed by atoms with Gasteiger partial charge in [0.1, 0.15) is 0 Å². The molecule has 0 saturated carbocycles. The molecule has 0 bridgehead atoms. The SMILES string of the molecule is CN1CC2CNC(=O)c3cc(-c4cccc(S(C)(=O)=O)c4)ccc3C2C1. The fourth-order valence-corrected chi connectivity index (χ4v) is 4.79. The summed E-state index contributed by atoms with van der Waals surface area (Å²) in [6.07, 6.45) is 1.20. The van der Waals surface area contributed by atoms with E-state index in [0.29, 0.717) is 23.9 Å². The molecule has 4 rings (SSSR count). The number of benzene rings is 2. The van der Waals surface area contributed by atoms with Gasteiger partial charge in [-0.2, -0.15) is 0 Å². The van der Waals surface area contributed by atoms with Gasteiger partial charge in [0.25, 0.3) is 5.91 Å². The number of hydrogen-bond donors (Lipinski definition) is 1. The second kappa shape index (κ2) is 6.21. The lowest BCUT2D eigenvalue weighted by atomic mass is 9.86. The zero-order valence-electron chi connectivity index (χ0n) is 14.9. The molecule has 0 aromatic heterocycles. The highest BCUT2D eigenvalue weighted by atomic mass is 32.2. The molecule has 2 unspecified atom stereocenters. The van der Waals surface area contributed by atoms with Crippen molar-refractivity contribution in [3.8, 4) is 11.1 Å². The van der Waals surface area contributed by atoms with E-state index in [1.165, 1.54) is 6.26 Å². The molecular weight excluding hydrogens is 348 g/mol. The van der Waals surface area contributed by atoms with Crippen molar-refractivity contribution in [1.82, 2.24) is 10.2 Å². The maximum absolute atomic E-state index is 12.6. The molecule has 26 heavy (non-hydrogen) atoms. The molecular formula is C20H22N2O3S. The fraction of sp³-hybridized carbons (Fsp3) is 0.350. The molecule has 0 radical (unpaired) electrons. The summed E-state index contributed by atoms with van der Waals surface area (Å²) in [7, 11) is -1.16. The summed E-state index contributed by atoms with van der Waals surface area (Å²) in [6.45, 7) is 2.64. The van der Waals surface area contributed by atoms with Crippen LogP contribution in [0.15, 0.2) is 47.4 Å². The predicted octanol–water partition coefficient (Wildman–Crippen LogP) is 2.15. The Labute approximate surface area is 153 Å². The van der Waals surface area contributed by atoms with Crippen molar-refractivity contribution in [3.05, 3.63) is 53.6 Å². The van der Waals surface area contributed by atoms with E-state index in [0.717, 1.165) is 29.8 Å². The smallest absolute Gasteiger partial charge is 0.251 e. The van der Waals surface area contributed by atoms with Crippen LogP contribution in [-0.2, 0) is 9.84 Å². The van der Waals surface area contributed by atoms with E-state index in [1.54, 1.807) is 18.2 Å². The zero-order valence-corrected chi connectivity index (χ0v) is 15.7. The van der Waals surface area contributed by atoms with E-state index in [1.807, 2.05) is 24.3 Å². The average Bonchev–Trinajstić information content (AvgIpc) is 2.93. The molecule has 2 atom stereocenters. The molecule has 1 fully saturated rings. The Kier molecular flexibility index (Phi) is 4.12. The summed E-state index contributed by atoms with van der Waals surface area (Å²) >= 11 is 0. The highest BCUT2D eigenvalue weighted by Crippen LogP contribution is 2.37. The van der Waals surface area contributed by atoms with Gasteiger partial charge >= 0.3 is 0 Å². The van der Waals surface area contributed by atoms with Gasteiger partial charge in [0.15, 0.2) is 9.84 Å².